The van der Waals surface area contributed by atoms with Gasteiger partial charge < -0.3 is 4.74 Å². The molecule has 1 aliphatic carbocycles. The average molecular weight is 156 g/mol. The van der Waals surface area contributed by atoms with Crippen LogP contribution in [0.15, 0.2) is 0 Å². The Labute approximate surface area is 67.9 Å². The first-order chi connectivity index (χ1) is 5.24. The van der Waals surface area contributed by atoms with E-state index >= 15 is 0 Å². The van der Waals surface area contributed by atoms with Crippen molar-refractivity contribution in [2.75, 3.05) is 7.11 Å². The lowest BCUT2D eigenvalue weighted by molar-refractivity contribution is -0.123. The number of hydrogen-bond donors (Lipinski definition) is 0. The maximum absolute atomic E-state index is 11.0. The van der Waals surface area contributed by atoms with Crippen LogP contribution >= 0.6 is 0 Å². The van der Waals surface area contributed by atoms with Gasteiger partial charge in [0, 0.05) is 13.0 Å². The van der Waals surface area contributed by atoms with Gasteiger partial charge in [-0.05, 0) is 26.2 Å². The Balaban J connectivity index is 2.39. The molecule has 2 unspecified atom stereocenters. The Kier molecular flexibility index (Phi) is 3.06. The van der Waals surface area contributed by atoms with Crippen molar-refractivity contribution in [3.05, 3.63) is 0 Å². The van der Waals surface area contributed by atoms with E-state index in [9.17, 15) is 4.79 Å². The summed E-state index contributed by atoms with van der Waals surface area (Å²) in [6, 6.07) is 0. The van der Waals surface area contributed by atoms with Gasteiger partial charge in [0.05, 0.1) is 6.10 Å². The summed E-state index contributed by atoms with van der Waals surface area (Å²) in [5.41, 5.74) is 0. The second kappa shape index (κ2) is 3.86. The molecule has 0 aromatic heterocycles. The van der Waals surface area contributed by atoms with Crippen LogP contribution in [0.4, 0.5) is 0 Å². The third kappa shape index (κ3) is 2.29. The molecule has 0 bridgehead atoms. The summed E-state index contributed by atoms with van der Waals surface area (Å²) in [7, 11) is 1.73. The van der Waals surface area contributed by atoms with Crippen molar-refractivity contribution >= 4 is 5.78 Å². The first kappa shape index (κ1) is 8.72. The van der Waals surface area contributed by atoms with Crippen molar-refractivity contribution in [2.24, 2.45) is 5.92 Å². The molecular formula is C9H16O2. The number of ether oxygens (including phenoxy) is 1. The van der Waals surface area contributed by atoms with E-state index in [4.69, 9.17) is 4.74 Å². The predicted octanol–water partition coefficient (Wildman–Crippen LogP) is 1.78. The van der Waals surface area contributed by atoms with E-state index in [2.05, 4.69) is 0 Å². The molecule has 0 spiro atoms. The van der Waals surface area contributed by atoms with Gasteiger partial charge in [-0.2, -0.15) is 0 Å². The maximum atomic E-state index is 11.0. The molecule has 0 aromatic rings. The van der Waals surface area contributed by atoms with Crippen LogP contribution in [0, 0.1) is 5.92 Å². The minimum absolute atomic E-state index is 0.272. The predicted molar refractivity (Wildman–Crippen MR) is 43.4 cm³/mol. The number of Topliss-reactive ketones (excluding diaryl/α,β-unsaturated/α-hetero) is 1. The van der Waals surface area contributed by atoms with Crippen molar-refractivity contribution in [2.45, 2.75) is 38.7 Å². The Hall–Kier alpha value is -0.370. The second-order valence-corrected chi connectivity index (χ2v) is 3.33. The van der Waals surface area contributed by atoms with E-state index in [1.54, 1.807) is 14.0 Å². The Morgan fingerprint density at radius 1 is 1.45 bits per heavy atom. The third-order valence-electron chi connectivity index (χ3n) is 2.53. The van der Waals surface area contributed by atoms with Gasteiger partial charge in [-0.3, -0.25) is 4.79 Å². The van der Waals surface area contributed by atoms with Crippen LogP contribution in [0.1, 0.15) is 32.6 Å². The van der Waals surface area contributed by atoms with Crippen molar-refractivity contribution < 1.29 is 9.53 Å². The Bertz CT molecular complexity index is 142. The summed E-state index contributed by atoms with van der Waals surface area (Å²) in [5.74, 6) is 0.598. The van der Waals surface area contributed by atoms with E-state index in [-0.39, 0.29) is 5.92 Å². The van der Waals surface area contributed by atoms with Crippen LogP contribution in [0.3, 0.4) is 0 Å². The highest BCUT2D eigenvalue weighted by molar-refractivity contribution is 5.78. The summed E-state index contributed by atoms with van der Waals surface area (Å²) >= 11 is 0. The van der Waals surface area contributed by atoms with E-state index in [0.29, 0.717) is 11.9 Å². The highest BCUT2D eigenvalue weighted by atomic mass is 16.5. The normalized spacial score (nSPS) is 31.8. The molecule has 1 fully saturated rings. The Morgan fingerprint density at radius 3 is 2.73 bits per heavy atom. The zero-order valence-corrected chi connectivity index (χ0v) is 7.30. The van der Waals surface area contributed by atoms with Gasteiger partial charge in [0.25, 0.3) is 0 Å². The fraction of sp³-hybridized carbons (Fsp3) is 0.889. The number of hydrogen-bond acceptors (Lipinski definition) is 2. The van der Waals surface area contributed by atoms with Crippen LogP contribution in [-0.2, 0) is 9.53 Å². The lowest BCUT2D eigenvalue weighted by Crippen LogP contribution is -2.25. The average Bonchev–Trinajstić information content (AvgIpc) is 2.05. The highest BCUT2D eigenvalue weighted by Gasteiger charge is 2.24. The monoisotopic (exact) mass is 156 g/mol. The minimum atomic E-state index is 0.272. The zero-order chi connectivity index (χ0) is 8.27. The topological polar surface area (TPSA) is 26.3 Å². The van der Waals surface area contributed by atoms with Crippen LogP contribution in [-0.4, -0.2) is 19.0 Å². The SMILES string of the molecule is COC1CCCC(C(C)=O)C1. The van der Waals surface area contributed by atoms with Gasteiger partial charge in [0.15, 0.2) is 0 Å². The van der Waals surface area contributed by atoms with E-state index < -0.39 is 0 Å². The number of methoxy groups -OCH3 is 1. The number of rotatable bonds is 2. The summed E-state index contributed by atoms with van der Waals surface area (Å²) in [5, 5.41) is 0. The smallest absolute Gasteiger partial charge is 0.133 e. The zero-order valence-electron chi connectivity index (χ0n) is 7.30. The Morgan fingerprint density at radius 2 is 2.18 bits per heavy atom. The van der Waals surface area contributed by atoms with Gasteiger partial charge in [0.2, 0.25) is 0 Å². The number of ketones is 1. The molecule has 0 saturated heterocycles. The van der Waals surface area contributed by atoms with Crippen LogP contribution in [0.2, 0.25) is 0 Å². The standard InChI is InChI=1S/C9H16O2/c1-7(10)8-4-3-5-9(6-8)11-2/h8-9H,3-6H2,1-2H3. The highest BCUT2D eigenvalue weighted by Crippen LogP contribution is 2.26. The molecule has 2 heteroatoms. The van der Waals surface area contributed by atoms with Gasteiger partial charge in [-0.1, -0.05) is 6.42 Å². The summed E-state index contributed by atoms with van der Waals surface area (Å²) in [6.07, 6.45) is 4.60. The van der Waals surface area contributed by atoms with Crippen molar-refractivity contribution in [3.63, 3.8) is 0 Å². The molecule has 0 aliphatic heterocycles. The van der Waals surface area contributed by atoms with Crippen molar-refractivity contribution in [3.8, 4) is 0 Å². The van der Waals surface area contributed by atoms with Crippen LogP contribution in [0.25, 0.3) is 0 Å². The summed E-state index contributed by atoms with van der Waals surface area (Å²) < 4.78 is 5.22. The van der Waals surface area contributed by atoms with Gasteiger partial charge in [0.1, 0.15) is 5.78 Å². The first-order valence-electron chi connectivity index (χ1n) is 4.27. The van der Waals surface area contributed by atoms with Gasteiger partial charge in [-0.15, -0.1) is 0 Å². The molecule has 1 rings (SSSR count). The second-order valence-electron chi connectivity index (χ2n) is 3.33. The molecule has 2 nitrogen and oxygen atoms in total. The summed E-state index contributed by atoms with van der Waals surface area (Å²) in [6.45, 7) is 1.68. The molecule has 1 aliphatic rings. The van der Waals surface area contributed by atoms with E-state index in [1.165, 1.54) is 0 Å². The first-order valence-corrected chi connectivity index (χ1v) is 4.27. The maximum Gasteiger partial charge on any atom is 0.133 e. The number of carbonyl (C=O) groups excluding carboxylic acids is 1. The van der Waals surface area contributed by atoms with Crippen LogP contribution < -0.4 is 0 Å². The molecule has 1 saturated carbocycles. The molecular weight excluding hydrogens is 140 g/mol. The molecule has 2 atom stereocenters. The number of carbonyl (C=O) groups is 1. The van der Waals surface area contributed by atoms with E-state index in [1.807, 2.05) is 0 Å². The van der Waals surface area contributed by atoms with E-state index in [0.717, 1.165) is 25.7 Å². The van der Waals surface area contributed by atoms with Gasteiger partial charge in [-0.25, -0.2) is 0 Å². The minimum Gasteiger partial charge on any atom is -0.381 e. The van der Waals surface area contributed by atoms with Crippen LogP contribution in [0.5, 0.6) is 0 Å². The largest absolute Gasteiger partial charge is 0.381 e. The lowest BCUT2D eigenvalue weighted by atomic mass is 9.85. The fourth-order valence-electron chi connectivity index (χ4n) is 1.73. The molecule has 0 N–H and O–H groups in total. The lowest BCUT2D eigenvalue weighted by Gasteiger charge is -2.26. The molecule has 0 amide bonds. The third-order valence-corrected chi connectivity index (χ3v) is 2.53. The quantitative estimate of drug-likeness (QED) is 0.609. The molecule has 0 heterocycles. The summed E-state index contributed by atoms with van der Waals surface area (Å²) in [4.78, 5) is 11.0. The molecule has 0 aromatic carbocycles. The molecule has 0 radical (unpaired) electrons. The molecule has 64 valence electrons. The van der Waals surface area contributed by atoms with Crippen molar-refractivity contribution in [1.29, 1.82) is 0 Å². The van der Waals surface area contributed by atoms with Crippen molar-refractivity contribution in [1.82, 2.24) is 0 Å². The van der Waals surface area contributed by atoms with Gasteiger partial charge >= 0.3 is 0 Å². The molecule has 11 heavy (non-hydrogen) atoms. The fourth-order valence-corrected chi connectivity index (χ4v) is 1.73.